The van der Waals surface area contributed by atoms with E-state index in [0.717, 1.165) is 19.1 Å². The molecule has 2 nitrogen and oxygen atoms in total. The van der Waals surface area contributed by atoms with Gasteiger partial charge in [0.2, 0.25) is 0 Å². The zero-order valence-corrected chi connectivity index (χ0v) is 11.5. The third-order valence-corrected chi connectivity index (χ3v) is 2.24. The van der Waals surface area contributed by atoms with Crippen molar-refractivity contribution in [1.82, 2.24) is 4.90 Å². The number of likely N-dealkylation sites (tertiary alicyclic amines) is 1. The zero-order valence-electron chi connectivity index (χ0n) is 8.80. The molecule has 0 saturated carbocycles. The van der Waals surface area contributed by atoms with Crippen LogP contribution in [0.1, 0.15) is 33.1 Å². The van der Waals surface area contributed by atoms with Gasteiger partial charge in [-0.3, -0.25) is 0 Å². The van der Waals surface area contributed by atoms with E-state index in [4.69, 9.17) is 0 Å². The van der Waals surface area contributed by atoms with Gasteiger partial charge in [0.1, 0.15) is 0 Å². The van der Waals surface area contributed by atoms with Crippen molar-refractivity contribution in [3.05, 3.63) is 5.32 Å². The summed E-state index contributed by atoms with van der Waals surface area (Å²) in [7, 11) is 0. The predicted octanol–water partition coefficient (Wildman–Crippen LogP) is 2.46. The van der Waals surface area contributed by atoms with Crippen molar-refractivity contribution in [2.45, 2.75) is 33.1 Å². The first-order valence-electron chi connectivity index (χ1n) is 5.14. The Hall–Kier alpha value is 0.582. The maximum atomic E-state index is 4.52. The molecule has 79 valence electrons. The molecule has 0 aromatic carbocycles. The van der Waals surface area contributed by atoms with Gasteiger partial charge in [0.05, 0.1) is 0 Å². The van der Waals surface area contributed by atoms with Crippen LogP contribution >= 0.6 is 0 Å². The molecule has 0 bridgehead atoms. The van der Waals surface area contributed by atoms with Gasteiger partial charge in [-0.25, -0.2) is 0 Å². The zero-order chi connectivity index (χ0) is 8.81. The van der Waals surface area contributed by atoms with Gasteiger partial charge in [-0.05, 0) is 25.9 Å². The van der Waals surface area contributed by atoms with E-state index in [1.165, 1.54) is 32.4 Å². The SMILES string of the molecule is CC(C)C[N-]CN1CCCCC1.[Re]. The first-order chi connectivity index (χ1) is 5.79. The average molecular weight is 355 g/mol. The van der Waals surface area contributed by atoms with E-state index in [-0.39, 0.29) is 20.4 Å². The largest absolute Gasteiger partial charge is 0.650 e. The van der Waals surface area contributed by atoms with E-state index in [1.54, 1.807) is 0 Å². The van der Waals surface area contributed by atoms with Crippen LogP contribution < -0.4 is 0 Å². The van der Waals surface area contributed by atoms with E-state index < -0.39 is 0 Å². The number of piperidine rings is 1. The van der Waals surface area contributed by atoms with Crippen LogP contribution in [0, 0.1) is 5.92 Å². The minimum absolute atomic E-state index is 0. The van der Waals surface area contributed by atoms with Crippen LogP contribution in [0.5, 0.6) is 0 Å². The smallest absolute Gasteiger partial charge is 0 e. The molecule has 0 amide bonds. The second-order valence-electron chi connectivity index (χ2n) is 4.12. The fraction of sp³-hybridized carbons (Fsp3) is 1.00. The third kappa shape index (κ3) is 6.63. The van der Waals surface area contributed by atoms with Gasteiger partial charge in [-0.1, -0.05) is 32.9 Å². The Morgan fingerprint density at radius 2 is 1.77 bits per heavy atom. The van der Waals surface area contributed by atoms with Crippen LogP contribution in [-0.4, -0.2) is 31.2 Å². The Labute approximate surface area is 96.1 Å². The first kappa shape index (κ1) is 13.6. The molecule has 13 heavy (non-hydrogen) atoms. The summed E-state index contributed by atoms with van der Waals surface area (Å²) in [5.41, 5.74) is 0. The summed E-state index contributed by atoms with van der Waals surface area (Å²) >= 11 is 0. The first-order valence-corrected chi connectivity index (χ1v) is 5.14. The molecule has 1 fully saturated rings. The summed E-state index contributed by atoms with van der Waals surface area (Å²) in [5.74, 6) is 0.717. The molecule has 0 aromatic rings. The van der Waals surface area contributed by atoms with Crippen molar-refractivity contribution < 1.29 is 20.4 Å². The Balaban J connectivity index is 0.00000144. The molecule has 1 saturated heterocycles. The van der Waals surface area contributed by atoms with E-state index >= 15 is 0 Å². The number of rotatable bonds is 4. The standard InChI is InChI=1S/C10H21N2.Re/c1-10(2)8-11-9-12-6-4-3-5-7-12;/h10H,3-9H2,1-2H3;/q-1;. The van der Waals surface area contributed by atoms with Gasteiger partial charge >= 0.3 is 0 Å². The Morgan fingerprint density at radius 1 is 1.15 bits per heavy atom. The molecule has 1 aliphatic rings. The summed E-state index contributed by atoms with van der Waals surface area (Å²) in [4.78, 5) is 2.46. The van der Waals surface area contributed by atoms with Crippen molar-refractivity contribution in [2.75, 3.05) is 26.3 Å². The van der Waals surface area contributed by atoms with Crippen LogP contribution in [0.2, 0.25) is 0 Å². The van der Waals surface area contributed by atoms with Crippen molar-refractivity contribution in [1.29, 1.82) is 0 Å². The molecule has 0 atom stereocenters. The second-order valence-corrected chi connectivity index (χ2v) is 4.12. The Morgan fingerprint density at radius 3 is 2.31 bits per heavy atom. The molecule has 0 unspecified atom stereocenters. The van der Waals surface area contributed by atoms with Crippen LogP contribution in [0.4, 0.5) is 0 Å². The summed E-state index contributed by atoms with van der Waals surface area (Å²) in [6, 6.07) is 0. The van der Waals surface area contributed by atoms with Crippen LogP contribution in [0.3, 0.4) is 0 Å². The quantitative estimate of drug-likeness (QED) is 0.757. The van der Waals surface area contributed by atoms with Crippen molar-refractivity contribution in [2.24, 2.45) is 5.92 Å². The van der Waals surface area contributed by atoms with E-state index in [9.17, 15) is 0 Å². The van der Waals surface area contributed by atoms with E-state index in [0.29, 0.717) is 0 Å². The van der Waals surface area contributed by atoms with Gasteiger partial charge in [0.25, 0.3) is 0 Å². The maximum Gasteiger partial charge on any atom is 0 e. The molecule has 1 heterocycles. The van der Waals surface area contributed by atoms with Crippen LogP contribution in [0.25, 0.3) is 5.32 Å². The van der Waals surface area contributed by atoms with E-state index in [1.807, 2.05) is 0 Å². The van der Waals surface area contributed by atoms with Crippen LogP contribution in [-0.2, 0) is 20.4 Å². The van der Waals surface area contributed by atoms with Crippen molar-refractivity contribution in [3.63, 3.8) is 0 Å². The fourth-order valence-electron chi connectivity index (χ4n) is 1.56. The van der Waals surface area contributed by atoms with E-state index in [2.05, 4.69) is 24.1 Å². The van der Waals surface area contributed by atoms with Gasteiger partial charge in [0.15, 0.2) is 0 Å². The van der Waals surface area contributed by atoms with Gasteiger partial charge in [-0.15, -0.1) is 6.54 Å². The summed E-state index contributed by atoms with van der Waals surface area (Å²) in [6.45, 7) is 8.97. The molecular formula is C10H21N2Re-. The number of hydrogen-bond acceptors (Lipinski definition) is 1. The molecule has 1 aliphatic heterocycles. The Bertz CT molecular complexity index is 111. The molecule has 0 spiro atoms. The molecule has 1 radical (unpaired) electrons. The topological polar surface area (TPSA) is 17.3 Å². The molecule has 0 N–H and O–H groups in total. The third-order valence-electron chi connectivity index (χ3n) is 2.24. The average Bonchev–Trinajstić information content (AvgIpc) is 2.05. The fourth-order valence-corrected chi connectivity index (χ4v) is 1.56. The monoisotopic (exact) mass is 356 g/mol. The van der Waals surface area contributed by atoms with Crippen molar-refractivity contribution in [3.8, 4) is 0 Å². The van der Waals surface area contributed by atoms with Gasteiger partial charge in [0, 0.05) is 20.4 Å². The Kier molecular flexibility index (Phi) is 8.29. The van der Waals surface area contributed by atoms with Gasteiger partial charge < -0.3 is 10.2 Å². The normalized spacial score (nSPS) is 18.7. The van der Waals surface area contributed by atoms with Gasteiger partial charge in [-0.2, -0.15) is 0 Å². The molecule has 1 rings (SSSR count). The summed E-state index contributed by atoms with van der Waals surface area (Å²) in [5, 5.41) is 4.52. The molecule has 3 heteroatoms. The molecule has 0 aromatic heterocycles. The summed E-state index contributed by atoms with van der Waals surface area (Å²) in [6.07, 6.45) is 4.16. The minimum atomic E-state index is 0. The van der Waals surface area contributed by atoms with Crippen molar-refractivity contribution >= 4 is 0 Å². The minimum Gasteiger partial charge on any atom is -0.650 e. The molecule has 0 aliphatic carbocycles. The number of nitrogens with zero attached hydrogens (tertiary/aromatic N) is 2. The predicted molar refractivity (Wildman–Crippen MR) is 53.4 cm³/mol. The second kappa shape index (κ2) is 7.94. The molecular weight excluding hydrogens is 334 g/mol. The number of hydrogen-bond donors (Lipinski definition) is 0. The van der Waals surface area contributed by atoms with Crippen LogP contribution in [0.15, 0.2) is 0 Å². The maximum absolute atomic E-state index is 4.52. The summed E-state index contributed by atoms with van der Waals surface area (Å²) < 4.78 is 0.